The largest absolute Gasteiger partial charge is 0.399 e. The molecular formula is C18H21N. The van der Waals surface area contributed by atoms with E-state index in [2.05, 4.69) is 50.3 Å². The molecule has 98 valence electrons. The second kappa shape index (κ2) is 6.24. The van der Waals surface area contributed by atoms with Crippen LogP contribution in [0.15, 0.2) is 48.5 Å². The lowest BCUT2D eigenvalue weighted by Gasteiger charge is -2.04. The van der Waals surface area contributed by atoms with E-state index in [0.29, 0.717) is 5.92 Å². The highest BCUT2D eigenvalue weighted by Crippen LogP contribution is 2.13. The molecule has 2 aromatic rings. The number of nitrogens with two attached hydrogens (primary N) is 1. The molecule has 19 heavy (non-hydrogen) atoms. The average molecular weight is 251 g/mol. The zero-order valence-electron chi connectivity index (χ0n) is 11.6. The summed E-state index contributed by atoms with van der Waals surface area (Å²) >= 11 is 0. The average Bonchev–Trinajstić information content (AvgIpc) is 2.39. The molecule has 0 fully saturated rings. The zero-order chi connectivity index (χ0) is 13.7. The lowest BCUT2D eigenvalue weighted by Crippen LogP contribution is -1.93. The Morgan fingerprint density at radius 3 is 1.79 bits per heavy atom. The topological polar surface area (TPSA) is 26.0 Å². The predicted molar refractivity (Wildman–Crippen MR) is 84.8 cm³/mol. The number of hydrogen-bond acceptors (Lipinski definition) is 1. The fraction of sp³-hybridized carbons (Fsp3) is 0.222. The maximum atomic E-state index is 5.67. The third-order valence-corrected chi connectivity index (χ3v) is 3.03. The number of anilines is 1. The highest BCUT2D eigenvalue weighted by Gasteiger charge is 1.96. The predicted octanol–water partition coefficient (Wildman–Crippen LogP) is 4.64. The molecule has 0 saturated carbocycles. The number of nitrogen functional groups attached to an aromatic ring is 1. The molecule has 0 bridgehead atoms. The lowest BCUT2D eigenvalue weighted by atomic mass is 10.0. The van der Waals surface area contributed by atoms with Crippen LogP contribution in [0.3, 0.4) is 0 Å². The van der Waals surface area contributed by atoms with Gasteiger partial charge in [0, 0.05) is 5.69 Å². The van der Waals surface area contributed by atoms with Gasteiger partial charge in [-0.3, -0.25) is 0 Å². The minimum absolute atomic E-state index is 0.705. The van der Waals surface area contributed by atoms with Crippen LogP contribution in [0.4, 0.5) is 5.69 Å². The summed E-state index contributed by atoms with van der Waals surface area (Å²) in [6.45, 7) is 4.49. The molecular weight excluding hydrogens is 230 g/mol. The first-order valence-electron chi connectivity index (χ1n) is 6.76. The van der Waals surface area contributed by atoms with Crippen LogP contribution in [-0.4, -0.2) is 0 Å². The van der Waals surface area contributed by atoms with Crippen molar-refractivity contribution < 1.29 is 0 Å². The number of benzene rings is 2. The van der Waals surface area contributed by atoms with Crippen LogP contribution in [0.5, 0.6) is 0 Å². The van der Waals surface area contributed by atoms with E-state index >= 15 is 0 Å². The van der Waals surface area contributed by atoms with Crippen molar-refractivity contribution in [3.8, 4) is 0 Å². The van der Waals surface area contributed by atoms with E-state index in [0.717, 1.165) is 12.1 Å². The Labute approximate surface area is 115 Å². The Hall–Kier alpha value is -2.02. The van der Waals surface area contributed by atoms with Gasteiger partial charge >= 0.3 is 0 Å². The first-order valence-corrected chi connectivity index (χ1v) is 6.76. The van der Waals surface area contributed by atoms with Crippen LogP contribution in [0, 0.1) is 5.92 Å². The Morgan fingerprint density at radius 2 is 1.32 bits per heavy atom. The molecule has 0 aliphatic rings. The van der Waals surface area contributed by atoms with E-state index in [9.17, 15) is 0 Å². The van der Waals surface area contributed by atoms with E-state index in [1.807, 2.05) is 24.3 Å². The third-order valence-electron chi connectivity index (χ3n) is 3.03. The van der Waals surface area contributed by atoms with Crippen molar-refractivity contribution in [2.24, 2.45) is 5.92 Å². The van der Waals surface area contributed by atoms with Crippen molar-refractivity contribution >= 4 is 17.8 Å². The molecule has 0 aliphatic heterocycles. The maximum absolute atomic E-state index is 5.67. The van der Waals surface area contributed by atoms with Gasteiger partial charge in [0.05, 0.1) is 0 Å². The molecule has 0 aromatic heterocycles. The van der Waals surface area contributed by atoms with Crippen LogP contribution in [0.1, 0.15) is 30.5 Å². The van der Waals surface area contributed by atoms with Crippen LogP contribution >= 0.6 is 0 Å². The molecule has 0 saturated heterocycles. The Balaban J connectivity index is 2.04. The molecule has 2 rings (SSSR count). The van der Waals surface area contributed by atoms with Crippen molar-refractivity contribution in [1.29, 1.82) is 0 Å². The monoisotopic (exact) mass is 251 g/mol. The molecule has 1 heteroatoms. The van der Waals surface area contributed by atoms with Crippen LogP contribution in [-0.2, 0) is 6.42 Å². The van der Waals surface area contributed by atoms with Crippen LogP contribution < -0.4 is 5.73 Å². The van der Waals surface area contributed by atoms with Gasteiger partial charge in [-0.2, -0.15) is 0 Å². The van der Waals surface area contributed by atoms with Crippen molar-refractivity contribution in [2.45, 2.75) is 20.3 Å². The van der Waals surface area contributed by atoms with E-state index in [4.69, 9.17) is 5.73 Å². The molecule has 2 aromatic carbocycles. The molecule has 0 amide bonds. The summed E-state index contributed by atoms with van der Waals surface area (Å²) in [6, 6.07) is 16.7. The van der Waals surface area contributed by atoms with Crippen molar-refractivity contribution in [2.75, 3.05) is 5.73 Å². The molecule has 0 radical (unpaired) electrons. The normalized spacial score (nSPS) is 11.3. The van der Waals surface area contributed by atoms with E-state index < -0.39 is 0 Å². The summed E-state index contributed by atoms with van der Waals surface area (Å²) in [5.41, 5.74) is 10.3. The quantitative estimate of drug-likeness (QED) is 0.622. The molecule has 2 N–H and O–H groups in total. The molecule has 0 heterocycles. The Bertz CT molecular complexity index is 533. The highest BCUT2D eigenvalue weighted by atomic mass is 14.5. The van der Waals surface area contributed by atoms with Crippen LogP contribution in [0.25, 0.3) is 12.2 Å². The Morgan fingerprint density at radius 1 is 0.842 bits per heavy atom. The lowest BCUT2D eigenvalue weighted by molar-refractivity contribution is 0.647. The molecule has 0 spiro atoms. The first-order chi connectivity index (χ1) is 9.13. The molecule has 0 atom stereocenters. The van der Waals surface area contributed by atoms with Crippen molar-refractivity contribution in [3.63, 3.8) is 0 Å². The van der Waals surface area contributed by atoms with Gasteiger partial charge in [0.2, 0.25) is 0 Å². The van der Waals surface area contributed by atoms with E-state index in [-0.39, 0.29) is 0 Å². The standard InChI is InChI=1S/C18H21N/c1-14(2)13-17-7-5-15(6-8-17)3-4-16-9-11-18(19)12-10-16/h3-12,14H,13,19H2,1-2H3/b4-3+. The van der Waals surface area contributed by atoms with Crippen molar-refractivity contribution in [1.82, 2.24) is 0 Å². The summed E-state index contributed by atoms with van der Waals surface area (Å²) in [5, 5.41) is 0. The summed E-state index contributed by atoms with van der Waals surface area (Å²) in [5.74, 6) is 0.705. The molecule has 1 nitrogen and oxygen atoms in total. The van der Waals surface area contributed by atoms with E-state index in [1.54, 1.807) is 0 Å². The Kier molecular flexibility index (Phi) is 4.40. The van der Waals surface area contributed by atoms with Crippen molar-refractivity contribution in [3.05, 3.63) is 65.2 Å². The van der Waals surface area contributed by atoms with Crippen LogP contribution in [0.2, 0.25) is 0 Å². The van der Waals surface area contributed by atoms with Gasteiger partial charge in [-0.05, 0) is 41.2 Å². The van der Waals surface area contributed by atoms with Gasteiger partial charge in [-0.25, -0.2) is 0 Å². The minimum Gasteiger partial charge on any atom is -0.399 e. The second-order valence-corrected chi connectivity index (χ2v) is 5.34. The van der Waals surface area contributed by atoms with Gasteiger partial charge in [0.15, 0.2) is 0 Å². The van der Waals surface area contributed by atoms with E-state index in [1.165, 1.54) is 16.7 Å². The smallest absolute Gasteiger partial charge is 0.0314 e. The second-order valence-electron chi connectivity index (χ2n) is 5.34. The molecule has 0 unspecified atom stereocenters. The fourth-order valence-corrected chi connectivity index (χ4v) is 2.04. The van der Waals surface area contributed by atoms with Gasteiger partial charge in [0.1, 0.15) is 0 Å². The summed E-state index contributed by atoms with van der Waals surface area (Å²) in [4.78, 5) is 0. The number of hydrogen-bond donors (Lipinski definition) is 1. The third kappa shape index (κ3) is 4.29. The van der Waals surface area contributed by atoms with Gasteiger partial charge in [0.25, 0.3) is 0 Å². The summed E-state index contributed by atoms with van der Waals surface area (Å²) in [6.07, 6.45) is 5.38. The highest BCUT2D eigenvalue weighted by molar-refractivity contribution is 5.70. The SMILES string of the molecule is CC(C)Cc1ccc(/C=C/c2ccc(N)cc2)cc1. The summed E-state index contributed by atoms with van der Waals surface area (Å²) in [7, 11) is 0. The maximum Gasteiger partial charge on any atom is 0.0314 e. The summed E-state index contributed by atoms with van der Waals surface area (Å²) < 4.78 is 0. The number of rotatable bonds is 4. The van der Waals surface area contributed by atoms with Gasteiger partial charge in [-0.15, -0.1) is 0 Å². The first kappa shape index (κ1) is 13.4. The van der Waals surface area contributed by atoms with Gasteiger partial charge < -0.3 is 5.73 Å². The minimum atomic E-state index is 0.705. The zero-order valence-corrected chi connectivity index (χ0v) is 11.6. The molecule has 0 aliphatic carbocycles. The van der Waals surface area contributed by atoms with Gasteiger partial charge in [-0.1, -0.05) is 62.4 Å². The fourth-order valence-electron chi connectivity index (χ4n) is 2.04.